The summed E-state index contributed by atoms with van der Waals surface area (Å²) in [7, 11) is 1.92. The van der Waals surface area contributed by atoms with Crippen molar-refractivity contribution in [3.8, 4) is 0 Å². The van der Waals surface area contributed by atoms with Crippen LogP contribution in [0.4, 0.5) is 17.5 Å². The number of aromatic nitrogens is 5. The average molecular weight is 415 g/mol. The van der Waals surface area contributed by atoms with Crippen LogP contribution in [-0.2, 0) is 13.1 Å². The molecule has 0 bridgehead atoms. The second-order valence-corrected chi connectivity index (χ2v) is 6.94. The molecular weight excluding hydrogens is 394 g/mol. The highest BCUT2D eigenvalue weighted by atomic mass is 16.1. The summed E-state index contributed by atoms with van der Waals surface area (Å²) in [5, 5.41) is 2.90. The fourth-order valence-electron chi connectivity index (χ4n) is 3.05. The number of carbonyl (C=O) groups excluding carboxylic acids is 1. The van der Waals surface area contributed by atoms with Crippen molar-refractivity contribution in [3.05, 3.63) is 71.8 Å². The lowest BCUT2D eigenvalue weighted by atomic mass is 10.1. The SMILES string of the molecule is CN(Cc1cnc2nc(N)nc(N)c2n1)c1ccc(C(=O)NCc2ccncc2)cc1. The van der Waals surface area contributed by atoms with E-state index in [-0.39, 0.29) is 17.7 Å². The smallest absolute Gasteiger partial charge is 0.251 e. The van der Waals surface area contributed by atoms with Crippen molar-refractivity contribution in [2.75, 3.05) is 23.4 Å². The Kier molecular flexibility index (Phi) is 5.52. The fourth-order valence-corrected chi connectivity index (χ4v) is 3.05. The molecule has 4 rings (SSSR count). The van der Waals surface area contributed by atoms with E-state index in [2.05, 4.69) is 30.2 Å². The summed E-state index contributed by atoms with van der Waals surface area (Å²) >= 11 is 0. The average Bonchev–Trinajstić information content (AvgIpc) is 2.78. The Labute approximate surface area is 178 Å². The van der Waals surface area contributed by atoms with Gasteiger partial charge in [0.2, 0.25) is 5.95 Å². The van der Waals surface area contributed by atoms with Crippen molar-refractivity contribution in [2.45, 2.75) is 13.1 Å². The van der Waals surface area contributed by atoms with Crippen molar-refractivity contribution in [1.82, 2.24) is 30.2 Å². The van der Waals surface area contributed by atoms with E-state index in [1.807, 2.05) is 36.2 Å². The number of rotatable bonds is 6. The zero-order valence-electron chi connectivity index (χ0n) is 16.9. The van der Waals surface area contributed by atoms with Gasteiger partial charge in [0.25, 0.3) is 5.91 Å². The minimum atomic E-state index is -0.138. The molecule has 4 aromatic rings. The zero-order valence-corrected chi connectivity index (χ0v) is 16.9. The summed E-state index contributed by atoms with van der Waals surface area (Å²) < 4.78 is 0. The predicted octanol–water partition coefficient (Wildman–Crippen LogP) is 1.55. The third kappa shape index (κ3) is 4.64. The van der Waals surface area contributed by atoms with Crippen LogP contribution in [-0.4, -0.2) is 37.9 Å². The van der Waals surface area contributed by atoms with Gasteiger partial charge in [-0.2, -0.15) is 9.97 Å². The lowest BCUT2D eigenvalue weighted by molar-refractivity contribution is 0.0951. The number of nitrogens with one attached hydrogen (secondary N) is 1. The highest BCUT2D eigenvalue weighted by Crippen LogP contribution is 2.18. The van der Waals surface area contributed by atoms with Gasteiger partial charge in [-0.15, -0.1) is 0 Å². The van der Waals surface area contributed by atoms with E-state index in [0.29, 0.717) is 35.5 Å². The van der Waals surface area contributed by atoms with Gasteiger partial charge in [-0.3, -0.25) is 9.78 Å². The standard InChI is InChI=1S/C21H21N9O/c1-30(12-15-11-25-19-17(27-15)18(22)28-21(23)29-19)16-4-2-14(3-5-16)20(31)26-10-13-6-8-24-9-7-13/h2-9,11H,10,12H2,1H3,(H,26,31)(H4,22,23,25,28,29). The van der Waals surface area contributed by atoms with Crippen LogP contribution < -0.4 is 21.7 Å². The molecule has 31 heavy (non-hydrogen) atoms. The monoisotopic (exact) mass is 415 g/mol. The van der Waals surface area contributed by atoms with Crippen molar-refractivity contribution in [1.29, 1.82) is 0 Å². The van der Waals surface area contributed by atoms with Crippen LogP contribution in [0.1, 0.15) is 21.6 Å². The largest absolute Gasteiger partial charge is 0.382 e. The minimum absolute atomic E-state index is 0.0640. The number of hydrogen-bond acceptors (Lipinski definition) is 9. The van der Waals surface area contributed by atoms with Gasteiger partial charge in [-0.1, -0.05) is 0 Å². The van der Waals surface area contributed by atoms with E-state index in [9.17, 15) is 4.79 Å². The summed E-state index contributed by atoms with van der Waals surface area (Å²) in [5.41, 5.74) is 15.5. The Morgan fingerprint density at radius 3 is 2.52 bits per heavy atom. The molecule has 10 nitrogen and oxygen atoms in total. The molecule has 10 heteroatoms. The van der Waals surface area contributed by atoms with Crippen LogP contribution in [0.3, 0.4) is 0 Å². The maximum atomic E-state index is 12.4. The van der Waals surface area contributed by atoms with Gasteiger partial charge in [-0.05, 0) is 42.0 Å². The second kappa shape index (κ2) is 8.57. The molecule has 0 aliphatic rings. The molecule has 0 saturated heterocycles. The third-order valence-corrected chi connectivity index (χ3v) is 4.67. The first-order chi connectivity index (χ1) is 15.0. The Morgan fingerprint density at radius 2 is 1.77 bits per heavy atom. The molecule has 0 aliphatic heterocycles. The topological polar surface area (TPSA) is 149 Å². The first-order valence-electron chi connectivity index (χ1n) is 9.52. The van der Waals surface area contributed by atoms with E-state index in [1.165, 1.54) is 0 Å². The number of hydrogen-bond donors (Lipinski definition) is 3. The highest BCUT2D eigenvalue weighted by Gasteiger charge is 2.11. The van der Waals surface area contributed by atoms with Crippen LogP contribution in [0.5, 0.6) is 0 Å². The molecule has 0 saturated carbocycles. The molecule has 0 spiro atoms. The number of nitrogens with zero attached hydrogens (tertiary/aromatic N) is 6. The molecule has 0 radical (unpaired) electrons. The van der Waals surface area contributed by atoms with Gasteiger partial charge in [0.05, 0.1) is 18.4 Å². The molecule has 1 amide bonds. The van der Waals surface area contributed by atoms with E-state index >= 15 is 0 Å². The Bertz CT molecular complexity index is 1210. The lowest BCUT2D eigenvalue weighted by Gasteiger charge is -2.19. The Hall–Kier alpha value is -4.34. The van der Waals surface area contributed by atoms with Gasteiger partial charge in [0, 0.05) is 37.2 Å². The molecule has 3 aromatic heterocycles. The summed E-state index contributed by atoms with van der Waals surface area (Å²) in [4.78, 5) is 35.1. The third-order valence-electron chi connectivity index (χ3n) is 4.67. The number of benzene rings is 1. The number of nitrogens with two attached hydrogens (primary N) is 2. The normalized spacial score (nSPS) is 10.7. The van der Waals surface area contributed by atoms with Crippen molar-refractivity contribution < 1.29 is 4.79 Å². The predicted molar refractivity (Wildman–Crippen MR) is 118 cm³/mol. The van der Waals surface area contributed by atoms with Crippen LogP contribution in [0, 0.1) is 0 Å². The van der Waals surface area contributed by atoms with E-state index < -0.39 is 0 Å². The first-order valence-corrected chi connectivity index (χ1v) is 9.52. The molecule has 0 unspecified atom stereocenters. The minimum Gasteiger partial charge on any atom is -0.382 e. The molecule has 0 fully saturated rings. The van der Waals surface area contributed by atoms with E-state index in [4.69, 9.17) is 11.5 Å². The van der Waals surface area contributed by atoms with Crippen molar-refractivity contribution in [3.63, 3.8) is 0 Å². The van der Waals surface area contributed by atoms with Crippen LogP contribution >= 0.6 is 0 Å². The molecule has 3 heterocycles. The molecule has 1 aromatic carbocycles. The molecule has 156 valence electrons. The zero-order chi connectivity index (χ0) is 21.8. The quantitative estimate of drug-likeness (QED) is 0.426. The van der Waals surface area contributed by atoms with Crippen molar-refractivity contribution >= 4 is 34.5 Å². The van der Waals surface area contributed by atoms with Gasteiger partial charge in [-0.25, -0.2) is 9.97 Å². The number of fused-ring (bicyclic) bond motifs is 1. The maximum absolute atomic E-state index is 12.4. The van der Waals surface area contributed by atoms with Gasteiger partial charge in [0.1, 0.15) is 0 Å². The van der Waals surface area contributed by atoms with Crippen molar-refractivity contribution in [2.24, 2.45) is 0 Å². The van der Waals surface area contributed by atoms with Crippen LogP contribution in [0.15, 0.2) is 55.0 Å². The van der Waals surface area contributed by atoms with Crippen LogP contribution in [0.25, 0.3) is 11.2 Å². The number of anilines is 3. The summed E-state index contributed by atoms with van der Waals surface area (Å²) in [6.45, 7) is 0.933. The van der Waals surface area contributed by atoms with E-state index in [1.54, 1.807) is 30.7 Å². The number of amides is 1. The fraction of sp³-hybridized carbons (Fsp3) is 0.143. The number of pyridine rings is 1. The first kappa shape index (κ1) is 20.0. The molecular formula is C21H21N9O. The highest BCUT2D eigenvalue weighted by molar-refractivity contribution is 5.94. The maximum Gasteiger partial charge on any atom is 0.251 e. The lowest BCUT2D eigenvalue weighted by Crippen LogP contribution is -2.23. The van der Waals surface area contributed by atoms with Gasteiger partial charge in [0.15, 0.2) is 17.0 Å². The van der Waals surface area contributed by atoms with Gasteiger partial charge < -0.3 is 21.7 Å². The molecule has 0 aliphatic carbocycles. The summed E-state index contributed by atoms with van der Waals surface area (Å²) in [6, 6.07) is 11.1. The molecule has 0 atom stereocenters. The van der Waals surface area contributed by atoms with Crippen LogP contribution in [0.2, 0.25) is 0 Å². The van der Waals surface area contributed by atoms with E-state index in [0.717, 1.165) is 11.3 Å². The Balaban J connectivity index is 1.41. The second-order valence-electron chi connectivity index (χ2n) is 6.94. The number of nitrogen functional groups attached to an aromatic ring is 2. The summed E-state index contributed by atoms with van der Waals surface area (Å²) in [6.07, 6.45) is 5.03. The number of carbonyl (C=O) groups is 1. The molecule has 5 N–H and O–H groups in total. The summed E-state index contributed by atoms with van der Waals surface area (Å²) in [5.74, 6) is 0.122. The Morgan fingerprint density at radius 1 is 1.03 bits per heavy atom. The van der Waals surface area contributed by atoms with Gasteiger partial charge >= 0.3 is 0 Å².